The van der Waals surface area contributed by atoms with Crippen molar-refractivity contribution in [1.29, 1.82) is 5.41 Å². The maximum absolute atomic E-state index is 10.8. The van der Waals surface area contributed by atoms with E-state index in [1.165, 1.54) is 11.4 Å². The van der Waals surface area contributed by atoms with E-state index in [1.54, 1.807) is 12.1 Å². The number of carbonyl (C=O) groups is 1. The van der Waals surface area contributed by atoms with Gasteiger partial charge in [-0.1, -0.05) is 12.1 Å². The van der Waals surface area contributed by atoms with Crippen LogP contribution in [-0.4, -0.2) is 33.2 Å². The fourth-order valence-corrected chi connectivity index (χ4v) is 2.48. The molecule has 0 radical (unpaired) electrons. The number of nitrogen functional groups attached to an aromatic ring is 1. The third kappa shape index (κ3) is 2.85. The molecule has 0 bridgehead atoms. The van der Waals surface area contributed by atoms with E-state index in [0.29, 0.717) is 35.6 Å². The number of hydroxylamine groups is 2. The lowest BCUT2D eigenvalue weighted by Gasteiger charge is -2.15. The van der Waals surface area contributed by atoms with Crippen molar-refractivity contribution in [3.05, 3.63) is 41.2 Å². The van der Waals surface area contributed by atoms with Crippen molar-refractivity contribution in [2.45, 2.75) is 26.4 Å². The summed E-state index contributed by atoms with van der Waals surface area (Å²) < 4.78 is 0. The number of nitrogens with one attached hydrogen (secondary N) is 2. The van der Waals surface area contributed by atoms with Gasteiger partial charge in [-0.3, -0.25) is 10.2 Å². The summed E-state index contributed by atoms with van der Waals surface area (Å²) in [6.07, 6.45) is 1.99. The first kappa shape index (κ1) is 15.7. The summed E-state index contributed by atoms with van der Waals surface area (Å²) in [6.45, 7) is 4.34. The number of anilines is 2. The maximum atomic E-state index is 10.8. The quantitative estimate of drug-likeness (QED) is 0.567. The molecule has 3 rings (SSSR count). The average molecular weight is 326 g/mol. The number of hydrogen-bond donors (Lipinski definition) is 3. The minimum atomic E-state index is 0.135. The van der Waals surface area contributed by atoms with Gasteiger partial charge in [0.25, 0.3) is 0 Å². The average Bonchev–Trinajstić information content (AvgIpc) is 2.96. The van der Waals surface area contributed by atoms with Gasteiger partial charge in [0.1, 0.15) is 18.0 Å². The van der Waals surface area contributed by atoms with Crippen LogP contribution < -0.4 is 15.9 Å². The SMILES string of the molecule is CC(C)Nc1ncnc(N)c1C(=N)c1ccc2c(c1)ON(C=O)C2. The van der Waals surface area contributed by atoms with E-state index in [0.717, 1.165) is 5.56 Å². The summed E-state index contributed by atoms with van der Waals surface area (Å²) in [5.41, 5.74) is 8.09. The molecule has 4 N–H and O–H groups in total. The largest absolute Gasteiger partial charge is 0.383 e. The second-order valence-corrected chi connectivity index (χ2v) is 5.75. The Kier molecular flexibility index (Phi) is 4.03. The van der Waals surface area contributed by atoms with Crippen molar-refractivity contribution in [2.24, 2.45) is 0 Å². The lowest BCUT2D eigenvalue weighted by molar-refractivity contribution is -0.139. The van der Waals surface area contributed by atoms with Crippen LogP contribution in [-0.2, 0) is 11.3 Å². The molecule has 1 aromatic heterocycles. The zero-order valence-electron chi connectivity index (χ0n) is 13.4. The maximum Gasteiger partial charge on any atom is 0.242 e. The second-order valence-electron chi connectivity index (χ2n) is 5.75. The third-order valence-corrected chi connectivity index (χ3v) is 3.57. The molecule has 8 heteroatoms. The van der Waals surface area contributed by atoms with Crippen LogP contribution >= 0.6 is 0 Å². The first-order chi connectivity index (χ1) is 11.5. The van der Waals surface area contributed by atoms with E-state index in [2.05, 4.69) is 15.3 Å². The molecule has 0 saturated carbocycles. The molecule has 1 aromatic carbocycles. The zero-order valence-corrected chi connectivity index (χ0v) is 13.4. The van der Waals surface area contributed by atoms with Crippen LogP contribution in [0.3, 0.4) is 0 Å². The van der Waals surface area contributed by atoms with E-state index in [-0.39, 0.29) is 17.6 Å². The molecule has 0 spiro atoms. The summed E-state index contributed by atoms with van der Waals surface area (Å²) >= 11 is 0. The molecule has 0 atom stereocenters. The fraction of sp³-hybridized carbons (Fsp3) is 0.250. The highest BCUT2D eigenvalue weighted by molar-refractivity contribution is 6.16. The molecule has 2 aromatic rings. The lowest BCUT2D eigenvalue weighted by Crippen LogP contribution is -2.18. The molecule has 0 saturated heterocycles. The smallest absolute Gasteiger partial charge is 0.242 e. The zero-order chi connectivity index (χ0) is 17.3. The molecular weight excluding hydrogens is 308 g/mol. The van der Waals surface area contributed by atoms with Gasteiger partial charge >= 0.3 is 0 Å². The molecule has 0 unspecified atom stereocenters. The van der Waals surface area contributed by atoms with Crippen LogP contribution in [0.5, 0.6) is 5.75 Å². The highest BCUT2D eigenvalue weighted by Gasteiger charge is 2.22. The Morgan fingerprint density at radius 1 is 1.46 bits per heavy atom. The summed E-state index contributed by atoms with van der Waals surface area (Å²) in [4.78, 5) is 24.4. The van der Waals surface area contributed by atoms with Crippen molar-refractivity contribution >= 4 is 23.8 Å². The van der Waals surface area contributed by atoms with Gasteiger partial charge in [0.2, 0.25) is 6.41 Å². The molecule has 8 nitrogen and oxygen atoms in total. The number of hydrogen-bond acceptors (Lipinski definition) is 7. The van der Waals surface area contributed by atoms with Crippen LogP contribution in [0.1, 0.15) is 30.5 Å². The van der Waals surface area contributed by atoms with Gasteiger partial charge in [-0.15, -0.1) is 0 Å². The summed E-state index contributed by atoms with van der Waals surface area (Å²) in [5, 5.41) is 12.9. The van der Waals surface area contributed by atoms with Crippen LogP contribution in [0.4, 0.5) is 11.6 Å². The molecule has 1 aliphatic rings. The monoisotopic (exact) mass is 326 g/mol. The van der Waals surface area contributed by atoms with Crippen molar-refractivity contribution in [3.8, 4) is 5.75 Å². The van der Waals surface area contributed by atoms with Crippen LogP contribution in [0, 0.1) is 5.41 Å². The lowest BCUT2D eigenvalue weighted by atomic mass is 10.0. The van der Waals surface area contributed by atoms with Crippen LogP contribution in [0.25, 0.3) is 0 Å². The highest BCUT2D eigenvalue weighted by atomic mass is 16.7. The van der Waals surface area contributed by atoms with E-state index >= 15 is 0 Å². The van der Waals surface area contributed by atoms with Gasteiger partial charge in [0.15, 0.2) is 5.75 Å². The second kappa shape index (κ2) is 6.15. The predicted molar refractivity (Wildman–Crippen MR) is 89.8 cm³/mol. The first-order valence-electron chi connectivity index (χ1n) is 7.48. The minimum Gasteiger partial charge on any atom is -0.383 e. The number of nitrogens with two attached hydrogens (primary N) is 1. The summed E-state index contributed by atoms with van der Waals surface area (Å²) in [5.74, 6) is 1.30. The molecule has 1 aliphatic heterocycles. The topological polar surface area (TPSA) is 117 Å². The number of nitrogens with zero attached hydrogens (tertiary/aromatic N) is 3. The number of carbonyl (C=O) groups excluding carboxylic acids is 1. The molecule has 1 amide bonds. The Bertz CT molecular complexity index is 805. The number of amides is 1. The van der Waals surface area contributed by atoms with Gasteiger partial charge in [-0.05, 0) is 19.9 Å². The van der Waals surface area contributed by atoms with Gasteiger partial charge in [-0.2, -0.15) is 5.06 Å². The molecule has 2 heterocycles. The Morgan fingerprint density at radius 2 is 2.25 bits per heavy atom. The normalized spacial score (nSPS) is 12.7. The number of aromatic nitrogens is 2. The Labute approximate surface area is 139 Å². The first-order valence-corrected chi connectivity index (χ1v) is 7.48. The fourth-order valence-electron chi connectivity index (χ4n) is 2.48. The summed E-state index contributed by atoms with van der Waals surface area (Å²) in [6, 6.07) is 5.48. The molecule has 24 heavy (non-hydrogen) atoms. The standard InChI is InChI=1S/C16H18N6O2/c1-9(2)21-16-13(15(18)19-7-20-16)14(17)10-3-4-11-6-22(8-23)24-12(11)5-10/h3-5,7-9,17H,6H2,1-2H3,(H3,18,19,20,21). The van der Waals surface area contributed by atoms with E-state index in [1.807, 2.05) is 19.9 Å². The molecule has 0 fully saturated rings. The van der Waals surface area contributed by atoms with Crippen molar-refractivity contribution < 1.29 is 9.63 Å². The van der Waals surface area contributed by atoms with Crippen LogP contribution in [0.15, 0.2) is 24.5 Å². The van der Waals surface area contributed by atoms with Gasteiger partial charge in [0, 0.05) is 17.2 Å². The Hall–Kier alpha value is -3.16. The number of fused-ring (bicyclic) bond motifs is 1. The van der Waals surface area contributed by atoms with Crippen LogP contribution in [0.2, 0.25) is 0 Å². The molecule has 124 valence electrons. The molecule has 0 aliphatic carbocycles. The highest BCUT2D eigenvalue weighted by Crippen LogP contribution is 2.30. The molecular formula is C16H18N6O2. The van der Waals surface area contributed by atoms with Gasteiger partial charge < -0.3 is 15.9 Å². The predicted octanol–water partition coefficient (Wildman–Crippen LogP) is 1.56. The summed E-state index contributed by atoms with van der Waals surface area (Å²) in [7, 11) is 0. The Morgan fingerprint density at radius 3 is 2.96 bits per heavy atom. The van der Waals surface area contributed by atoms with Crippen molar-refractivity contribution in [2.75, 3.05) is 11.1 Å². The van der Waals surface area contributed by atoms with Crippen molar-refractivity contribution in [3.63, 3.8) is 0 Å². The van der Waals surface area contributed by atoms with Crippen molar-refractivity contribution in [1.82, 2.24) is 15.0 Å². The number of benzene rings is 1. The third-order valence-electron chi connectivity index (χ3n) is 3.57. The minimum absolute atomic E-state index is 0.135. The van der Waals surface area contributed by atoms with Gasteiger partial charge in [0.05, 0.1) is 17.8 Å². The van der Waals surface area contributed by atoms with E-state index < -0.39 is 0 Å². The Balaban J connectivity index is 1.98. The number of rotatable bonds is 5. The van der Waals surface area contributed by atoms with E-state index in [4.69, 9.17) is 16.0 Å². The van der Waals surface area contributed by atoms with E-state index in [9.17, 15) is 4.79 Å². The van der Waals surface area contributed by atoms with Gasteiger partial charge in [-0.25, -0.2) is 9.97 Å².